The molecule has 0 saturated heterocycles. The third-order valence-electron chi connectivity index (χ3n) is 1.28. The summed E-state index contributed by atoms with van der Waals surface area (Å²) < 4.78 is 12.6. The number of hydrogen-bond acceptors (Lipinski definition) is 2. The van der Waals surface area contributed by atoms with E-state index >= 15 is 0 Å². The highest BCUT2D eigenvalue weighted by atomic mass is 79.9. The predicted molar refractivity (Wildman–Crippen MR) is 44.4 cm³/mol. The van der Waals surface area contributed by atoms with E-state index in [1.807, 2.05) is 0 Å². The van der Waals surface area contributed by atoms with Gasteiger partial charge in [-0.25, -0.2) is 4.39 Å². The van der Waals surface area contributed by atoms with E-state index in [1.165, 1.54) is 0 Å². The van der Waals surface area contributed by atoms with Crippen LogP contribution in [0.4, 0.5) is 4.39 Å². The zero-order valence-corrected chi connectivity index (χ0v) is 7.72. The Balaban J connectivity index is 3.22. The van der Waals surface area contributed by atoms with Crippen molar-refractivity contribution in [2.24, 2.45) is 0 Å². The molecule has 1 unspecified atom stereocenters. The van der Waals surface area contributed by atoms with E-state index in [4.69, 9.17) is 0 Å². The van der Waals surface area contributed by atoms with E-state index in [-0.39, 0.29) is 13.0 Å². The highest BCUT2D eigenvalue weighted by Gasteiger charge is 2.09. The molecule has 0 aromatic heterocycles. The van der Waals surface area contributed by atoms with Crippen molar-refractivity contribution >= 4 is 15.9 Å². The average Bonchev–Trinajstić information content (AvgIpc) is 1.97. The van der Waals surface area contributed by atoms with Crippen molar-refractivity contribution in [2.45, 2.75) is 25.4 Å². The SMILES string of the molecule is O=[N+]([O-])CCC(F)CCCBr. The molecule has 66 valence electrons. The highest BCUT2D eigenvalue weighted by Crippen LogP contribution is 2.07. The van der Waals surface area contributed by atoms with Gasteiger partial charge in [-0.2, -0.15) is 0 Å². The summed E-state index contributed by atoms with van der Waals surface area (Å²) in [5, 5.41) is 10.6. The van der Waals surface area contributed by atoms with E-state index in [1.54, 1.807) is 0 Å². The predicted octanol–water partition coefficient (Wildman–Crippen LogP) is 2.17. The molecule has 0 aliphatic carbocycles. The molecule has 0 radical (unpaired) electrons. The van der Waals surface area contributed by atoms with Gasteiger partial charge in [0.25, 0.3) is 0 Å². The maximum Gasteiger partial charge on any atom is 0.206 e. The summed E-state index contributed by atoms with van der Waals surface area (Å²) in [6.45, 7) is -0.260. The smallest absolute Gasteiger partial charge is 0.206 e. The zero-order valence-electron chi connectivity index (χ0n) is 6.13. The van der Waals surface area contributed by atoms with E-state index in [0.29, 0.717) is 6.42 Å². The van der Waals surface area contributed by atoms with Crippen LogP contribution in [0, 0.1) is 10.1 Å². The Morgan fingerprint density at radius 3 is 2.64 bits per heavy atom. The van der Waals surface area contributed by atoms with Crippen molar-refractivity contribution < 1.29 is 9.31 Å². The van der Waals surface area contributed by atoms with Crippen LogP contribution in [0.25, 0.3) is 0 Å². The van der Waals surface area contributed by atoms with Gasteiger partial charge in [0.15, 0.2) is 0 Å². The van der Waals surface area contributed by atoms with Crippen LogP contribution in [0.5, 0.6) is 0 Å². The highest BCUT2D eigenvalue weighted by molar-refractivity contribution is 9.09. The zero-order chi connectivity index (χ0) is 8.69. The van der Waals surface area contributed by atoms with Gasteiger partial charge in [0.05, 0.1) is 0 Å². The van der Waals surface area contributed by atoms with E-state index in [2.05, 4.69) is 15.9 Å². The Kier molecular flexibility index (Phi) is 6.40. The topological polar surface area (TPSA) is 43.1 Å². The van der Waals surface area contributed by atoms with Crippen LogP contribution in [-0.2, 0) is 0 Å². The summed E-state index contributed by atoms with van der Waals surface area (Å²) >= 11 is 3.16. The number of alkyl halides is 2. The fourth-order valence-corrected chi connectivity index (χ4v) is 1.01. The second-order valence-electron chi connectivity index (χ2n) is 2.27. The lowest BCUT2D eigenvalue weighted by atomic mass is 10.2. The Morgan fingerprint density at radius 2 is 2.18 bits per heavy atom. The van der Waals surface area contributed by atoms with E-state index in [9.17, 15) is 14.5 Å². The van der Waals surface area contributed by atoms with Crippen LogP contribution in [-0.4, -0.2) is 23.0 Å². The summed E-state index contributed by atoms with van der Waals surface area (Å²) in [5.41, 5.74) is 0. The van der Waals surface area contributed by atoms with Crippen LogP contribution in [0.1, 0.15) is 19.3 Å². The molecule has 3 nitrogen and oxygen atoms in total. The summed E-state index contributed by atoms with van der Waals surface area (Å²) in [5.74, 6) is 0. The van der Waals surface area contributed by atoms with Gasteiger partial charge in [-0.15, -0.1) is 0 Å². The number of hydrogen-bond donors (Lipinski definition) is 0. The fourth-order valence-electron chi connectivity index (χ4n) is 0.688. The molecule has 0 heterocycles. The minimum Gasteiger partial charge on any atom is -0.265 e. The fraction of sp³-hybridized carbons (Fsp3) is 1.00. The lowest BCUT2D eigenvalue weighted by Crippen LogP contribution is -2.09. The van der Waals surface area contributed by atoms with Crippen molar-refractivity contribution in [3.05, 3.63) is 10.1 Å². The van der Waals surface area contributed by atoms with Gasteiger partial charge in [0.1, 0.15) is 6.17 Å². The molecule has 0 aromatic carbocycles. The normalized spacial score (nSPS) is 12.9. The van der Waals surface area contributed by atoms with Gasteiger partial charge < -0.3 is 0 Å². The maximum absolute atomic E-state index is 12.6. The van der Waals surface area contributed by atoms with E-state index in [0.717, 1.165) is 11.8 Å². The molecule has 0 aliphatic rings. The Bertz CT molecular complexity index is 123. The van der Waals surface area contributed by atoms with Gasteiger partial charge in [-0.05, 0) is 12.8 Å². The minimum atomic E-state index is -1.02. The number of rotatable bonds is 6. The first-order valence-electron chi connectivity index (χ1n) is 3.48. The summed E-state index contributed by atoms with van der Waals surface area (Å²) in [6, 6.07) is 0. The van der Waals surface area contributed by atoms with Crippen molar-refractivity contribution in [3.63, 3.8) is 0 Å². The number of nitrogens with zero attached hydrogens (tertiary/aromatic N) is 1. The molecule has 0 amide bonds. The second kappa shape index (κ2) is 6.52. The molecule has 0 aromatic rings. The van der Waals surface area contributed by atoms with Gasteiger partial charge in [0, 0.05) is 16.7 Å². The molecule has 0 bridgehead atoms. The monoisotopic (exact) mass is 227 g/mol. The van der Waals surface area contributed by atoms with Crippen LogP contribution < -0.4 is 0 Å². The summed E-state index contributed by atoms with van der Waals surface area (Å²) in [6.07, 6.45) is 0.177. The van der Waals surface area contributed by atoms with Gasteiger partial charge in [0.2, 0.25) is 6.54 Å². The first-order chi connectivity index (χ1) is 5.16. The standard InChI is InChI=1S/C6H11BrFNO2/c7-4-1-2-6(8)3-5-9(10)11/h6H,1-5H2. The molecule has 0 aliphatic heterocycles. The van der Waals surface area contributed by atoms with Crippen LogP contribution >= 0.6 is 15.9 Å². The van der Waals surface area contributed by atoms with Crippen molar-refractivity contribution in [1.29, 1.82) is 0 Å². The number of halogens is 2. The molecule has 0 N–H and O–H groups in total. The van der Waals surface area contributed by atoms with Crippen molar-refractivity contribution in [1.82, 2.24) is 0 Å². The Labute approximate surface area is 73.3 Å². The second-order valence-corrected chi connectivity index (χ2v) is 3.07. The molecule has 0 spiro atoms. The van der Waals surface area contributed by atoms with Gasteiger partial charge in [-0.3, -0.25) is 10.1 Å². The molecular weight excluding hydrogens is 217 g/mol. The number of nitro groups is 1. The quantitative estimate of drug-likeness (QED) is 0.397. The van der Waals surface area contributed by atoms with Gasteiger partial charge in [-0.1, -0.05) is 15.9 Å². The first kappa shape index (κ1) is 10.8. The maximum atomic E-state index is 12.6. The summed E-state index contributed by atoms with van der Waals surface area (Å²) in [4.78, 5) is 9.32. The lowest BCUT2D eigenvalue weighted by Gasteiger charge is -2.02. The minimum absolute atomic E-state index is 0.0417. The average molecular weight is 228 g/mol. The summed E-state index contributed by atoms with van der Waals surface area (Å²) in [7, 11) is 0. The molecule has 0 saturated carbocycles. The third-order valence-corrected chi connectivity index (χ3v) is 1.84. The lowest BCUT2D eigenvalue weighted by molar-refractivity contribution is -0.481. The first-order valence-corrected chi connectivity index (χ1v) is 4.60. The largest absolute Gasteiger partial charge is 0.265 e. The van der Waals surface area contributed by atoms with Crippen LogP contribution in [0.3, 0.4) is 0 Å². The molecule has 5 heteroatoms. The Morgan fingerprint density at radius 1 is 1.55 bits per heavy atom. The molecule has 11 heavy (non-hydrogen) atoms. The molecule has 0 rings (SSSR count). The van der Waals surface area contributed by atoms with E-state index < -0.39 is 11.1 Å². The van der Waals surface area contributed by atoms with Crippen molar-refractivity contribution in [3.8, 4) is 0 Å². The van der Waals surface area contributed by atoms with Crippen molar-refractivity contribution in [2.75, 3.05) is 11.9 Å². The molecule has 1 atom stereocenters. The van der Waals surface area contributed by atoms with Crippen LogP contribution in [0.2, 0.25) is 0 Å². The van der Waals surface area contributed by atoms with Gasteiger partial charge >= 0.3 is 0 Å². The molecule has 0 fully saturated rings. The third kappa shape index (κ3) is 7.71. The molecular formula is C6H11BrFNO2. The Hall–Kier alpha value is -0.190. The van der Waals surface area contributed by atoms with Crippen LogP contribution in [0.15, 0.2) is 0 Å².